The Morgan fingerprint density at radius 1 is 1.50 bits per heavy atom. The second-order valence-corrected chi connectivity index (χ2v) is 4.82. The van der Waals surface area contributed by atoms with Gasteiger partial charge in [0.15, 0.2) is 0 Å². The van der Waals surface area contributed by atoms with Crippen molar-refractivity contribution in [2.45, 2.75) is 32.5 Å². The maximum atomic E-state index is 5.93. The third-order valence-corrected chi connectivity index (χ3v) is 3.27. The Labute approximate surface area is 106 Å². The molecule has 1 aliphatic heterocycles. The van der Waals surface area contributed by atoms with Crippen molar-refractivity contribution < 1.29 is 4.74 Å². The number of ether oxygens (including phenoxy) is 1. The molecule has 0 radical (unpaired) electrons. The topological polar surface area (TPSA) is 53.1 Å². The molecule has 0 saturated heterocycles. The summed E-state index contributed by atoms with van der Waals surface area (Å²) in [7, 11) is 0. The van der Waals surface area contributed by atoms with Crippen LogP contribution in [0.4, 0.5) is 0 Å². The van der Waals surface area contributed by atoms with Crippen LogP contribution >= 0.6 is 0 Å². The van der Waals surface area contributed by atoms with Gasteiger partial charge in [-0.2, -0.15) is 0 Å². The smallest absolute Gasteiger partial charge is 0.123 e. The molecular weight excluding hydrogens is 226 g/mol. The molecule has 1 aromatic heterocycles. The lowest BCUT2D eigenvalue weighted by Gasteiger charge is -2.10. The predicted octanol–water partition coefficient (Wildman–Crippen LogP) is 1.65. The summed E-state index contributed by atoms with van der Waals surface area (Å²) in [6.07, 6.45) is 4.96. The fourth-order valence-electron chi connectivity index (χ4n) is 2.40. The lowest BCUT2D eigenvalue weighted by molar-refractivity contribution is 0.209. The first-order chi connectivity index (χ1) is 8.74. The van der Waals surface area contributed by atoms with Crippen LogP contribution in [0.25, 0.3) is 0 Å². The van der Waals surface area contributed by atoms with Crippen LogP contribution in [0, 0.1) is 6.92 Å². The molecule has 0 amide bonds. The van der Waals surface area contributed by atoms with Crippen LogP contribution < -0.4 is 10.5 Å². The average Bonchev–Trinajstić information content (AvgIpc) is 2.95. The molecule has 1 aromatic carbocycles. The van der Waals surface area contributed by atoms with Crippen LogP contribution in [0.15, 0.2) is 30.7 Å². The first-order valence-electron chi connectivity index (χ1n) is 6.21. The molecular formula is C14H17N3O. The van der Waals surface area contributed by atoms with E-state index in [-0.39, 0.29) is 6.10 Å². The second-order valence-electron chi connectivity index (χ2n) is 4.82. The summed E-state index contributed by atoms with van der Waals surface area (Å²) in [6.45, 7) is 3.41. The van der Waals surface area contributed by atoms with E-state index in [1.54, 1.807) is 0 Å². The van der Waals surface area contributed by atoms with Gasteiger partial charge in [-0.1, -0.05) is 17.7 Å². The van der Waals surface area contributed by atoms with Crippen molar-refractivity contribution in [3.05, 3.63) is 47.5 Å². The van der Waals surface area contributed by atoms with Gasteiger partial charge in [-0.15, -0.1) is 0 Å². The summed E-state index contributed by atoms with van der Waals surface area (Å²) in [5, 5.41) is 0. The van der Waals surface area contributed by atoms with Gasteiger partial charge in [0.1, 0.15) is 11.9 Å². The number of benzene rings is 1. The highest BCUT2D eigenvalue weighted by molar-refractivity contribution is 5.40. The normalized spacial score (nSPS) is 17.6. The maximum Gasteiger partial charge on any atom is 0.123 e. The van der Waals surface area contributed by atoms with Gasteiger partial charge in [0, 0.05) is 19.2 Å². The summed E-state index contributed by atoms with van der Waals surface area (Å²) >= 11 is 0. The number of nitrogens with two attached hydrogens (primary N) is 1. The summed E-state index contributed by atoms with van der Waals surface area (Å²) in [5.74, 6) is 1.02. The summed E-state index contributed by atoms with van der Waals surface area (Å²) in [4.78, 5) is 4.22. The monoisotopic (exact) mass is 243 g/mol. The molecule has 2 N–H and O–H groups in total. The highest BCUT2D eigenvalue weighted by Gasteiger charge is 2.23. The van der Waals surface area contributed by atoms with Gasteiger partial charge in [-0.3, -0.25) is 0 Å². The van der Waals surface area contributed by atoms with Crippen molar-refractivity contribution in [3.63, 3.8) is 0 Å². The second kappa shape index (κ2) is 4.46. The van der Waals surface area contributed by atoms with Crippen molar-refractivity contribution in [2.24, 2.45) is 5.73 Å². The minimum atomic E-state index is 0.196. The highest BCUT2D eigenvalue weighted by Crippen LogP contribution is 2.30. The van der Waals surface area contributed by atoms with Crippen LogP contribution in [0.1, 0.15) is 16.8 Å². The van der Waals surface area contributed by atoms with Gasteiger partial charge in [-0.25, -0.2) is 4.98 Å². The van der Waals surface area contributed by atoms with Crippen LogP contribution in [-0.4, -0.2) is 15.7 Å². The predicted molar refractivity (Wildman–Crippen MR) is 69.4 cm³/mol. The zero-order valence-corrected chi connectivity index (χ0v) is 10.5. The SMILES string of the molecule is Cc1ccc2c(c1)CC(Cn1cnc(CN)c1)O2. The zero-order valence-electron chi connectivity index (χ0n) is 10.5. The quantitative estimate of drug-likeness (QED) is 0.892. The third kappa shape index (κ3) is 2.11. The Morgan fingerprint density at radius 3 is 3.17 bits per heavy atom. The van der Waals surface area contributed by atoms with Crippen molar-refractivity contribution >= 4 is 0 Å². The van der Waals surface area contributed by atoms with E-state index in [9.17, 15) is 0 Å². The van der Waals surface area contributed by atoms with Crippen LogP contribution in [0.2, 0.25) is 0 Å². The molecule has 0 spiro atoms. The fraction of sp³-hybridized carbons (Fsp3) is 0.357. The maximum absolute atomic E-state index is 5.93. The molecule has 0 bridgehead atoms. The van der Waals surface area contributed by atoms with Crippen molar-refractivity contribution in [3.8, 4) is 5.75 Å². The molecule has 1 unspecified atom stereocenters. The van der Waals surface area contributed by atoms with Crippen LogP contribution in [-0.2, 0) is 19.5 Å². The van der Waals surface area contributed by atoms with E-state index in [4.69, 9.17) is 10.5 Å². The lowest BCUT2D eigenvalue weighted by atomic mass is 10.1. The van der Waals surface area contributed by atoms with E-state index >= 15 is 0 Å². The van der Waals surface area contributed by atoms with Crippen LogP contribution in [0.3, 0.4) is 0 Å². The highest BCUT2D eigenvalue weighted by atomic mass is 16.5. The Bertz CT molecular complexity index is 562. The molecule has 0 saturated carbocycles. The molecule has 1 atom stereocenters. The molecule has 1 aliphatic rings. The molecule has 2 heterocycles. The van der Waals surface area contributed by atoms with Crippen molar-refractivity contribution in [1.29, 1.82) is 0 Å². The van der Waals surface area contributed by atoms with Gasteiger partial charge in [0.25, 0.3) is 0 Å². The van der Waals surface area contributed by atoms with E-state index in [0.29, 0.717) is 6.54 Å². The largest absolute Gasteiger partial charge is 0.488 e. The number of aryl methyl sites for hydroxylation is 1. The van der Waals surface area contributed by atoms with Crippen molar-refractivity contribution in [2.75, 3.05) is 0 Å². The number of nitrogens with zero attached hydrogens (tertiary/aromatic N) is 2. The molecule has 4 nitrogen and oxygen atoms in total. The Morgan fingerprint density at radius 2 is 2.39 bits per heavy atom. The number of hydrogen-bond donors (Lipinski definition) is 1. The van der Waals surface area contributed by atoms with Gasteiger partial charge in [0.05, 0.1) is 18.6 Å². The zero-order chi connectivity index (χ0) is 12.5. The summed E-state index contributed by atoms with van der Waals surface area (Å²) in [6, 6.07) is 6.35. The molecule has 4 heteroatoms. The molecule has 94 valence electrons. The van der Waals surface area contributed by atoms with Gasteiger partial charge >= 0.3 is 0 Å². The van der Waals surface area contributed by atoms with Gasteiger partial charge in [-0.05, 0) is 18.6 Å². The minimum Gasteiger partial charge on any atom is -0.488 e. The fourth-order valence-corrected chi connectivity index (χ4v) is 2.40. The van der Waals surface area contributed by atoms with E-state index in [1.807, 2.05) is 17.1 Å². The number of fused-ring (bicyclic) bond motifs is 1. The molecule has 0 fully saturated rings. The van der Waals surface area contributed by atoms with E-state index < -0.39 is 0 Å². The molecule has 2 aromatic rings. The Hall–Kier alpha value is -1.81. The minimum absolute atomic E-state index is 0.196. The third-order valence-electron chi connectivity index (χ3n) is 3.27. The van der Waals surface area contributed by atoms with E-state index in [2.05, 4.69) is 30.1 Å². The molecule has 0 aliphatic carbocycles. The first kappa shape index (κ1) is 11.3. The summed E-state index contributed by atoms with van der Waals surface area (Å²) < 4.78 is 7.98. The summed E-state index contributed by atoms with van der Waals surface area (Å²) in [5.41, 5.74) is 9.06. The van der Waals surface area contributed by atoms with Gasteiger partial charge < -0.3 is 15.0 Å². The number of imidazole rings is 1. The van der Waals surface area contributed by atoms with E-state index in [1.165, 1.54) is 11.1 Å². The standard InChI is InChI=1S/C14H17N3O/c1-10-2-3-14-11(4-10)5-13(18-14)8-17-7-12(6-15)16-9-17/h2-4,7,9,13H,5-6,8,15H2,1H3. The first-order valence-corrected chi connectivity index (χ1v) is 6.21. The van der Waals surface area contributed by atoms with Crippen molar-refractivity contribution in [1.82, 2.24) is 9.55 Å². The molecule has 3 rings (SSSR count). The number of rotatable bonds is 3. The molecule has 18 heavy (non-hydrogen) atoms. The Kier molecular flexibility index (Phi) is 2.80. The lowest BCUT2D eigenvalue weighted by Crippen LogP contribution is -2.19. The number of aromatic nitrogens is 2. The van der Waals surface area contributed by atoms with Crippen LogP contribution in [0.5, 0.6) is 5.75 Å². The average molecular weight is 243 g/mol. The Balaban J connectivity index is 1.70. The van der Waals surface area contributed by atoms with E-state index in [0.717, 1.165) is 24.4 Å². The number of hydrogen-bond acceptors (Lipinski definition) is 3. The van der Waals surface area contributed by atoms with Gasteiger partial charge in [0.2, 0.25) is 0 Å².